The molecule has 0 saturated carbocycles. The lowest BCUT2D eigenvalue weighted by Crippen LogP contribution is -2.40. The second-order valence-electron chi connectivity index (χ2n) is 9.80. The standard InChI is InChI=1S/C26H29FN4O3Si/c1-26(2,3)35(4,5)33-17-20-13-14-29-31(20)24-21(27)10-8-12-23(24)34-25(32)30-19-15-18-9-6-7-11-22(18)28-16-19/h6-16H,17H2,1-5H3,(H,30,32). The first-order chi connectivity index (χ1) is 16.5. The number of carbonyl (C=O) groups is 1. The molecular weight excluding hydrogens is 463 g/mol. The number of para-hydroxylation sites is 2. The van der Waals surface area contributed by atoms with Gasteiger partial charge in [-0.15, -0.1) is 0 Å². The molecule has 0 spiro atoms. The minimum absolute atomic E-state index is 0.0276. The van der Waals surface area contributed by atoms with E-state index in [0.717, 1.165) is 10.9 Å². The number of benzene rings is 2. The third-order valence-electron chi connectivity index (χ3n) is 6.31. The highest BCUT2D eigenvalue weighted by molar-refractivity contribution is 6.74. The molecule has 7 nitrogen and oxygen atoms in total. The summed E-state index contributed by atoms with van der Waals surface area (Å²) in [4.78, 5) is 17.0. The number of rotatable bonds is 6. The lowest BCUT2D eigenvalue weighted by Gasteiger charge is -2.36. The maximum Gasteiger partial charge on any atom is 0.417 e. The van der Waals surface area contributed by atoms with E-state index in [2.05, 4.69) is 49.3 Å². The second kappa shape index (κ2) is 9.59. The van der Waals surface area contributed by atoms with Gasteiger partial charge in [0.25, 0.3) is 0 Å². The number of halogens is 1. The number of anilines is 1. The van der Waals surface area contributed by atoms with Gasteiger partial charge in [-0.05, 0) is 48.5 Å². The summed E-state index contributed by atoms with van der Waals surface area (Å²) in [5, 5.41) is 7.84. The quantitative estimate of drug-likeness (QED) is 0.303. The van der Waals surface area contributed by atoms with Gasteiger partial charge in [-0.25, -0.2) is 13.9 Å². The van der Waals surface area contributed by atoms with Crippen molar-refractivity contribution in [2.24, 2.45) is 0 Å². The highest BCUT2D eigenvalue weighted by Crippen LogP contribution is 2.37. The summed E-state index contributed by atoms with van der Waals surface area (Å²) >= 11 is 0. The minimum atomic E-state index is -2.04. The van der Waals surface area contributed by atoms with Crippen molar-refractivity contribution < 1.29 is 18.3 Å². The van der Waals surface area contributed by atoms with Gasteiger partial charge in [0.2, 0.25) is 0 Å². The molecule has 0 atom stereocenters. The summed E-state index contributed by atoms with van der Waals surface area (Å²) in [5.41, 5.74) is 1.97. The van der Waals surface area contributed by atoms with E-state index in [-0.39, 0.29) is 23.1 Å². The van der Waals surface area contributed by atoms with Crippen LogP contribution in [-0.4, -0.2) is 29.2 Å². The molecule has 4 aromatic rings. The zero-order valence-corrected chi connectivity index (χ0v) is 21.5. The molecule has 0 aliphatic carbocycles. The van der Waals surface area contributed by atoms with E-state index in [1.54, 1.807) is 24.5 Å². The first-order valence-electron chi connectivity index (χ1n) is 11.3. The molecule has 0 saturated heterocycles. The van der Waals surface area contributed by atoms with Gasteiger partial charge in [0.15, 0.2) is 19.9 Å². The molecule has 4 rings (SSSR count). The number of carbonyl (C=O) groups excluding carboxylic acids is 1. The van der Waals surface area contributed by atoms with Gasteiger partial charge in [-0.1, -0.05) is 45.0 Å². The molecule has 1 amide bonds. The Labute approximate surface area is 205 Å². The lowest BCUT2D eigenvalue weighted by atomic mass is 10.2. The minimum Gasteiger partial charge on any atom is -0.411 e. The molecule has 0 aliphatic heterocycles. The Morgan fingerprint density at radius 2 is 1.89 bits per heavy atom. The average molecular weight is 493 g/mol. The Hall–Kier alpha value is -3.56. The fourth-order valence-electron chi connectivity index (χ4n) is 3.28. The van der Waals surface area contributed by atoms with Gasteiger partial charge < -0.3 is 9.16 Å². The Bertz CT molecular complexity index is 1360. The number of ether oxygens (including phenoxy) is 1. The third kappa shape index (κ3) is 5.41. The zero-order chi connectivity index (χ0) is 25.2. The van der Waals surface area contributed by atoms with E-state index >= 15 is 0 Å². The summed E-state index contributed by atoms with van der Waals surface area (Å²) in [5.74, 6) is -0.534. The van der Waals surface area contributed by atoms with E-state index in [1.807, 2.05) is 24.3 Å². The van der Waals surface area contributed by atoms with Crippen molar-refractivity contribution in [1.82, 2.24) is 14.8 Å². The molecule has 0 radical (unpaired) electrons. The van der Waals surface area contributed by atoms with E-state index in [4.69, 9.17) is 9.16 Å². The van der Waals surface area contributed by atoms with Crippen LogP contribution in [0.4, 0.5) is 14.9 Å². The Balaban J connectivity index is 1.56. The van der Waals surface area contributed by atoms with Gasteiger partial charge in [-0.2, -0.15) is 5.10 Å². The van der Waals surface area contributed by atoms with Crippen LogP contribution < -0.4 is 10.1 Å². The first kappa shape index (κ1) is 24.6. The normalized spacial score (nSPS) is 12.1. The number of amides is 1. The number of nitrogens with zero attached hydrogens (tertiary/aromatic N) is 3. The van der Waals surface area contributed by atoms with Gasteiger partial charge in [0, 0.05) is 11.6 Å². The molecular formula is C26H29FN4O3Si. The Morgan fingerprint density at radius 3 is 2.66 bits per heavy atom. The molecule has 2 heterocycles. The highest BCUT2D eigenvalue weighted by Gasteiger charge is 2.37. The summed E-state index contributed by atoms with van der Waals surface area (Å²) in [6.45, 7) is 11.0. The van der Waals surface area contributed by atoms with Gasteiger partial charge >= 0.3 is 6.09 Å². The third-order valence-corrected chi connectivity index (χ3v) is 10.8. The molecule has 1 N–H and O–H groups in total. The van der Waals surface area contributed by atoms with Crippen molar-refractivity contribution in [3.63, 3.8) is 0 Å². The molecule has 0 fully saturated rings. The number of hydrogen-bond acceptors (Lipinski definition) is 5. The molecule has 9 heteroatoms. The van der Waals surface area contributed by atoms with Crippen LogP contribution in [0.15, 0.2) is 67.0 Å². The van der Waals surface area contributed by atoms with Crippen molar-refractivity contribution in [3.8, 4) is 11.4 Å². The summed E-state index contributed by atoms with van der Waals surface area (Å²) in [7, 11) is -2.04. The molecule has 182 valence electrons. The van der Waals surface area contributed by atoms with Crippen LogP contribution in [0, 0.1) is 5.82 Å². The maximum atomic E-state index is 15.0. The second-order valence-corrected chi connectivity index (χ2v) is 14.6. The van der Waals surface area contributed by atoms with Crippen molar-refractivity contribution in [3.05, 3.63) is 78.5 Å². The topological polar surface area (TPSA) is 78.3 Å². The predicted octanol–water partition coefficient (Wildman–Crippen LogP) is 6.69. The van der Waals surface area contributed by atoms with Crippen molar-refractivity contribution in [1.29, 1.82) is 0 Å². The molecule has 2 aromatic carbocycles. The number of hydrogen-bond donors (Lipinski definition) is 1. The first-order valence-corrected chi connectivity index (χ1v) is 14.3. The summed E-state index contributed by atoms with van der Waals surface area (Å²) in [6.07, 6.45) is 2.35. The van der Waals surface area contributed by atoms with Crippen LogP contribution >= 0.6 is 0 Å². The highest BCUT2D eigenvalue weighted by atomic mass is 28.4. The number of aromatic nitrogens is 3. The smallest absolute Gasteiger partial charge is 0.411 e. The monoisotopic (exact) mass is 492 g/mol. The van der Waals surface area contributed by atoms with Crippen LogP contribution in [0.2, 0.25) is 18.1 Å². The van der Waals surface area contributed by atoms with Gasteiger partial charge in [-0.3, -0.25) is 10.3 Å². The van der Waals surface area contributed by atoms with E-state index in [1.165, 1.54) is 22.9 Å². The molecule has 35 heavy (non-hydrogen) atoms. The Kier molecular flexibility index (Phi) is 6.73. The lowest BCUT2D eigenvalue weighted by molar-refractivity contribution is 0.214. The van der Waals surface area contributed by atoms with Gasteiger partial charge in [0.1, 0.15) is 5.69 Å². The fourth-order valence-corrected chi connectivity index (χ4v) is 4.22. The van der Waals surface area contributed by atoms with Crippen molar-refractivity contribution in [2.75, 3.05) is 5.32 Å². The zero-order valence-electron chi connectivity index (χ0n) is 20.5. The average Bonchev–Trinajstić information content (AvgIpc) is 3.25. The predicted molar refractivity (Wildman–Crippen MR) is 137 cm³/mol. The van der Waals surface area contributed by atoms with E-state index in [9.17, 15) is 9.18 Å². The maximum absolute atomic E-state index is 15.0. The summed E-state index contributed by atoms with van der Waals surface area (Å²) in [6, 6.07) is 15.4. The van der Waals surface area contributed by atoms with Crippen LogP contribution in [0.3, 0.4) is 0 Å². The van der Waals surface area contributed by atoms with Crippen LogP contribution in [0.1, 0.15) is 26.5 Å². The molecule has 2 aromatic heterocycles. The fraction of sp³-hybridized carbons (Fsp3) is 0.269. The molecule has 0 unspecified atom stereocenters. The van der Waals surface area contributed by atoms with E-state index in [0.29, 0.717) is 11.4 Å². The Morgan fingerprint density at radius 1 is 1.11 bits per heavy atom. The number of nitrogens with one attached hydrogen (secondary N) is 1. The van der Waals surface area contributed by atoms with Crippen molar-refractivity contribution >= 4 is 31.0 Å². The van der Waals surface area contributed by atoms with Crippen LogP contribution in [-0.2, 0) is 11.0 Å². The largest absolute Gasteiger partial charge is 0.417 e. The summed E-state index contributed by atoms with van der Waals surface area (Å²) < 4.78 is 28.2. The SMILES string of the molecule is CC(C)(C)[Si](C)(C)OCc1ccnn1-c1c(F)cccc1OC(=O)Nc1cnc2ccccc2c1. The van der Waals surface area contributed by atoms with Crippen molar-refractivity contribution in [2.45, 2.75) is 45.5 Å². The molecule has 0 bridgehead atoms. The van der Waals surface area contributed by atoms with Gasteiger partial charge in [0.05, 0.1) is 29.7 Å². The van der Waals surface area contributed by atoms with E-state index < -0.39 is 20.2 Å². The van der Waals surface area contributed by atoms with Crippen LogP contribution in [0.25, 0.3) is 16.6 Å². The molecule has 0 aliphatic rings. The van der Waals surface area contributed by atoms with Crippen LogP contribution in [0.5, 0.6) is 5.75 Å². The number of fused-ring (bicyclic) bond motifs is 1. The number of pyridine rings is 1.